The lowest BCUT2D eigenvalue weighted by Gasteiger charge is -2.47. The van der Waals surface area contributed by atoms with Gasteiger partial charge in [-0.05, 0) is 25.5 Å². The first-order valence-electron chi connectivity index (χ1n) is 9.38. The number of nitrogens with zero attached hydrogens (tertiary/aromatic N) is 2. The molecule has 6 heteroatoms. The first-order valence-corrected chi connectivity index (χ1v) is 9.38. The van der Waals surface area contributed by atoms with Crippen molar-refractivity contribution in [3.63, 3.8) is 0 Å². The molecule has 0 radical (unpaired) electrons. The van der Waals surface area contributed by atoms with Gasteiger partial charge in [0, 0.05) is 37.9 Å². The zero-order valence-corrected chi connectivity index (χ0v) is 16.0. The number of rotatable bonds is 7. The van der Waals surface area contributed by atoms with Crippen LogP contribution in [-0.2, 0) is 24.5 Å². The number of benzene rings is 1. The molecule has 1 aromatic rings. The number of anilines is 1. The van der Waals surface area contributed by atoms with Crippen molar-refractivity contribution in [3.8, 4) is 0 Å². The SMILES string of the molecule is CCOC(CN1C(=O)C2(CN(C(=O)C(C)C)C2)c2ccccc21)OCC. The lowest BCUT2D eigenvalue weighted by Crippen LogP contribution is -2.66. The summed E-state index contributed by atoms with van der Waals surface area (Å²) in [6.07, 6.45) is -0.453. The van der Waals surface area contributed by atoms with Crippen LogP contribution >= 0.6 is 0 Å². The van der Waals surface area contributed by atoms with E-state index < -0.39 is 11.7 Å². The van der Waals surface area contributed by atoms with Gasteiger partial charge in [-0.15, -0.1) is 0 Å². The van der Waals surface area contributed by atoms with Crippen LogP contribution in [0.3, 0.4) is 0 Å². The van der Waals surface area contributed by atoms with E-state index in [0.29, 0.717) is 32.8 Å². The van der Waals surface area contributed by atoms with Gasteiger partial charge in [0.15, 0.2) is 6.29 Å². The predicted octanol–water partition coefficient (Wildman–Crippen LogP) is 2.17. The zero-order valence-electron chi connectivity index (χ0n) is 16.0. The van der Waals surface area contributed by atoms with E-state index in [9.17, 15) is 9.59 Å². The molecular weight excluding hydrogens is 332 g/mol. The van der Waals surface area contributed by atoms with Gasteiger partial charge in [0.05, 0.1) is 6.54 Å². The number of likely N-dealkylation sites (tertiary alicyclic amines) is 1. The molecule has 0 saturated carbocycles. The van der Waals surface area contributed by atoms with Crippen LogP contribution in [-0.4, -0.2) is 55.9 Å². The number of fused-ring (bicyclic) bond motifs is 2. The molecule has 1 spiro atoms. The minimum atomic E-state index is -0.621. The van der Waals surface area contributed by atoms with Gasteiger partial charge in [0.2, 0.25) is 11.8 Å². The minimum absolute atomic E-state index is 0.0379. The minimum Gasteiger partial charge on any atom is -0.351 e. The third-order valence-electron chi connectivity index (χ3n) is 5.13. The van der Waals surface area contributed by atoms with E-state index in [0.717, 1.165) is 11.3 Å². The Kier molecular flexibility index (Phi) is 5.34. The Balaban J connectivity index is 1.84. The third-order valence-corrected chi connectivity index (χ3v) is 5.13. The fourth-order valence-electron chi connectivity index (χ4n) is 3.88. The van der Waals surface area contributed by atoms with E-state index in [4.69, 9.17) is 9.47 Å². The summed E-state index contributed by atoms with van der Waals surface area (Å²) in [4.78, 5) is 29.1. The zero-order chi connectivity index (χ0) is 18.9. The number of carbonyl (C=O) groups is 2. The van der Waals surface area contributed by atoms with Crippen molar-refractivity contribution >= 4 is 17.5 Å². The summed E-state index contributed by atoms with van der Waals surface area (Å²) in [6, 6.07) is 7.85. The van der Waals surface area contributed by atoms with Crippen molar-refractivity contribution in [1.82, 2.24) is 4.90 Å². The Morgan fingerprint density at radius 2 is 1.77 bits per heavy atom. The second-order valence-electron chi connectivity index (χ2n) is 7.20. The maximum atomic E-state index is 13.3. The van der Waals surface area contributed by atoms with E-state index in [1.165, 1.54) is 0 Å². The summed E-state index contributed by atoms with van der Waals surface area (Å²) in [6.45, 7) is 9.90. The van der Waals surface area contributed by atoms with E-state index in [-0.39, 0.29) is 17.7 Å². The molecule has 1 saturated heterocycles. The van der Waals surface area contributed by atoms with Crippen molar-refractivity contribution in [2.75, 3.05) is 37.7 Å². The molecule has 3 rings (SSSR count). The second-order valence-corrected chi connectivity index (χ2v) is 7.20. The molecule has 0 aromatic heterocycles. The van der Waals surface area contributed by atoms with Crippen molar-refractivity contribution in [3.05, 3.63) is 29.8 Å². The topological polar surface area (TPSA) is 59.1 Å². The van der Waals surface area contributed by atoms with E-state index in [1.807, 2.05) is 52.0 Å². The Bertz CT molecular complexity index is 676. The maximum absolute atomic E-state index is 13.3. The normalized spacial score (nSPS) is 18.0. The van der Waals surface area contributed by atoms with Crippen LogP contribution in [0.4, 0.5) is 5.69 Å². The molecule has 0 N–H and O–H groups in total. The van der Waals surface area contributed by atoms with E-state index in [1.54, 1.807) is 9.80 Å². The number of para-hydroxylation sites is 1. The average Bonchev–Trinajstić information content (AvgIpc) is 2.82. The molecule has 0 bridgehead atoms. The van der Waals surface area contributed by atoms with Crippen LogP contribution in [0, 0.1) is 5.92 Å². The summed E-state index contributed by atoms with van der Waals surface area (Å²) >= 11 is 0. The molecule has 142 valence electrons. The van der Waals surface area contributed by atoms with E-state index in [2.05, 4.69) is 0 Å². The molecule has 0 unspecified atom stereocenters. The number of hydrogen-bond donors (Lipinski definition) is 0. The molecule has 2 heterocycles. The molecule has 2 aliphatic heterocycles. The molecule has 2 amide bonds. The van der Waals surface area contributed by atoms with Crippen molar-refractivity contribution in [2.45, 2.75) is 39.4 Å². The van der Waals surface area contributed by atoms with Gasteiger partial charge in [0.25, 0.3) is 0 Å². The van der Waals surface area contributed by atoms with Gasteiger partial charge >= 0.3 is 0 Å². The summed E-state index contributed by atoms with van der Waals surface area (Å²) in [7, 11) is 0. The highest BCUT2D eigenvalue weighted by Crippen LogP contribution is 2.47. The first kappa shape index (κ1) is 18.9. The molecule has 0 aliphatic carbocycles. The molecule has 26 heavy (non-hydrogen) atoms. The van der Waals surface area contributed by atoms with Gasteiger partial charge < -0.3 is 19.3 Å². The number of amides is 2. The van der Waals surface area contributed by atoms with Gasteiger partial charge in [0.1, 0.15) is 5.41 Å². The van der Waals surface area contributed by atoms with Crippen molar-refractivity contribution < 1.29 is 19.1 Å². The summed E-state index contributed by atoms with van der Waals surface area (Å²) in [5, 5.41) is 0. The summed E-state index contributed by atoms with van der Waals surface area (Å²) in [5.74, 6) is 0.0762. The van der Waals surface area contributed by atoms with Gasteiger partial charge in [-0.1, -0.05) is 32.0 Å². The Hall–Kier alpha value is -1.92. The molecule has 1 aromatic carbocycles. The highest BCUT2D eigenvalue weighted by molar-refractivity contribution is 6.10. The number of carbonyl (C=O) groups excluding carboxylic acids is 2. The first-order chi connectivity index (χ1) is 12.4. The summed E-state index contributed by atoms with van der Waals surface area (Å²) < 4.78 is 11.3. The monoisotopic (exact) mass is 360 g/mol. The lowest BCUT2D eigenvalue weighted by atomic mass is 9.74. The third kappa shape index (κ3) is 3.01. The standard InChI is InChI=1S/C20H28N2O4/c1-5-25-17(26-6-2)11-22-16-10-8-7-9-15(16)20(19(22)24)12-21(13-20)18(23)14(3)4/h7-10,14,17H,5-6,11-13H2,1-4H3. The van der Waals surface area contributed by atoms with Crippen molar-refractivity contribution in [1.29, 1.82) is 0 Å². The second kappa shape index (κ2) is 7.37. The Morgan fingerprint density at radius 1 is 1.15 bits per heavy atom. The fraction of sp³-hybridized carbons (Fsp3) is 0.600. The van der Waals surface area contributed by atoms with Crippen LogP contribution in [0.15, 0.2) is 24.3 Å². The molecule has 2 aliphatic rings. The molecule has 1 fully saturated rings. The highest BCUT2D eigenvalue weighted by atomic mass is 16.7. The fourth-order valence-corrected chi connectivity index (χ4v) is 3.88. The summed E-state index contributed by atoms with van der Waals surface area (Å²) in [5.41, 5.74) is 1.28. The lowest BCUT2D eigenvalue weighted by molar-refractivity contribution is -0.149. The van der Waals surface area contributed by atoms with E-state index >= 15 is 0 Å². The average molecular weight is 360 g/mol. The quantitative estimate of drug-likeness (QED) is 0.699. The number of ether oxygens (including phenoxy) is 2. The van der Waals surface area contributed by atoms with Crippen LogP contribution in [0.2, 0.25) is 0 Å². The predicted molar refractivity (Wildman–Crippen MR) is 98.9 cm³/mol. The smallest absolute Gasteiger partial charge is 0.241 e. The largest absolute Gasteiger partial charge is 0.351 e. The Labute approximate surface area is 155 Å². The van der Waals surface area contributed by atoms with Crippen LogP contribution < -0.4 is 4.90 Å². The number of hydrogen-bond acceptors (Lipinski definition) is 4. The van der Waals surface area contributed by atoms with Gasteiger partial charge in [-0.3, -0.25) is 9.59 Å². The molecular formula is C20H28N2O4. The van der Waals surface area contributed by atoms with Crippen LogP contribution in [0.25, 0.3) is 0 Å². The maximum Gasteiger partial charge on any atom is 0.241 e. The van der Waals surface area contributed by atoms with Crippen LogP contribution in [0.5, 0.6) is 0 Å². The molecule has 6 nitrogen and oxygen atoms in total. The van der Waals surface area contributed by atoms with Crippen LogP contribution in [0.1, 0.15) is 33.3 Å². The van der Waals surface area contributed by atoms with Gasteiger partial charge in [-0.25, -0.2) is 0 Å². The Morgan fingerprint density at radius 3 is 2.35 bits per heavy atom. The molecule has 0 atom stereocenters. The van der Waals surface area contributed by atoms with Crippen molar-refractivity contribution in [2.24, 2.45) is 5.92 Å². The van der Waals surface area contributed by atoms with Gasteiger partial charge in [-0.2, -0.15) is 0 Å². The highest BCUT2D eigenvalue weighted by Gasteiger charge is 2.59.